The van der Waals surface area contributed by atoms with Gasteiger partial charge in [-0.15, -0.1) is 11.3 Å². The molecule has 1 aromatic heterocycles. The van der Waals surface area contributed by atoms with Gasteiger partial charge in [-0.3, -0.25) is 4.99 Å². The number of hydrogen-bond acceptors (Lipinski definition) is 5. The van der Waals surface area contributed by atoms with Crippen LogP contribution in [0.25, 0.3) is 0 Å². The number of sulfonamides is 1. The predicted octanol–water partition coefficient (Wildman–Crippen LogP) is 1.71. The maximum Gasteiger partial charge on any atom is 0.215 e. The maximum atomic E-state index is 11.6. The van der Waals surface area contributed by atoms with Crippen molar-refractivity contribution in [2.24, 2.45) is 4.99 Å². The van der Waals surface area contributed by atoms with Gasteiger partial charge in [0.1, 0.15) is 0 Å². The van der Waals surface area contributed by atoms with Crippen LogP contribution < -0.4 is 10.0 Å². The van der Waals surface area contributed by atoms with Crippen molar-refractivity contribution < 1.29 is 8.42 Å². The molecule has 0 radical (unpaired) electrons. The Morgan fingerprint density at radius 1 is 1.27 bits per heavy atom. The van der Waals surface area contributed by atoms with Crippen LogP contribution in [0.5, 0.6) is 0 Å². The molecule has 0 aliphatic rings. The Morgan fingerprint density at radius 2 is 1.92 bits per heavy atom. The first-order chi connectivity index (χ1) is 12.3. The van der Waals surface area contributed by atoms with Gasteiger partial charge in [0.05, 0.1) is 23.0 Å². The zero-order valence-corrected chi connectivity index (χ0v) is 17.1. The lowest BCUT2D eigenvalue weighted by atomic mass is 10.1. The van der Waals surface area contributed by atoms with Gasteiger partial charge in [-0.05, 0) is 25.1 Å². The molecule has 0 aliphatic carbocycles. The number of nitrogens with zero attached hydrogens (tertiary/aromatic N) is 3. The summed E-state index contributed by atoms with van der Waals surface area (Å²) in [5.41, 5.74) is 2.83. The Hall–Kier alpha value is -1.97. The molecule has 0 unspecified atom stereocenters. The molecular weight excluding hydrogens is 370 g/mol. The van der Waals surface area contributed by atoms with Crippen LogP contribution >= 0.6 is 11.3 Å². The van der Waals surface area contributed by atoms with Gasteiger partial charge in [0.15, 0.2) is 5.96 Å². The monoisotopic (exact) mass is 395 g/mol. The highest BCUT2D eigenvalue weighted by atomic mass is 32.2. The topological polar surface area (TPSA) is 86.7 Å². The van der Waals surface area contributed by atoms with Gasteiger partial charge in [-0.25, -0.2) is 18.1 Å². The normalized spacial score (nSPS) is 12.2. The van der Waals surface area contributed by atoms with E-state index in [2.05, 4.69) is 25.4 Å². The van der Waals surface area contributed by atoms with E-state index in [1.807, 2.05) is 43.1 Å². The Kier molecular flexibility index (Phi) is 7.13. The third-order valence-corrected chi connectivity index (χ3v) is 5.94. The summed E-state index contributed by atoms with van der Waals surface area (Å²) in [6.45, 7) is 3.28. The highest BCUT2D eigenvalue weighted by Crippen LogP contribution is 2.10. The van der Waals surface area contributed by atoms with Gasteiger partial charge in [0.25, 0.3) is 0 Å². The van der Waals surface area contributed by atoms with E-state index >= 15 is 0 Å². The van der Waals surface area contributed by atoms with Crippen LogP contribution in [0, 0.1) is 6.92 Å². The Labute approximate surface area is 159 Å². The van der Waals surface area contributed by atoms with Crippen molar-refractivity contribution in [2.45, 2.75) is 25.8 Å². The Morgan fingerprint density at radius 3 is 2.46 bits per heavy atom. The van der Waals surface area contributed by atoms with Crippen molar-refractivity contribution in [3.63, 3.8) is 0 Å². The van der Waals surface area contributed by atoms with E-state index in [0.29, 0.717) is 13.1 Å². The lowest BCUT2D eigenvalue weighted by molar-refractivity contribution is 0.470. The first-order valence-corrected chi connectivity index (χ1v) is 10.7. The van der Waals surface area contributed by atoms with Crippen molar-refractivity contribution >= 4 is 27.3 Å². The summed E-state index contributed by atoms with van der Waals surface area (Å²) in [5.74, 6) is 0.756. The standard InChI is InChI=1S/C17H25N5O2S2/c1-13-21-16(11-25-13)10-22(4)17(18-2)20-9-14-5-7-15(8-6-14)12-26(23,24)19-3/h5-8,11,19H,9-10,12H2,1-4H3,(H,18,20). The maximum absolute atomic E-state index is 11.6. The fourth-order valence-electron chi connectivity index (χ4n) is 2.41. The van der Waals surface area contributed by atoms with E-state index in [1.165, 1.54) is 7.05 Å². The summed E-state index contributed by atoms with van der Waals surface area (Å²) in [6, 6.07) is 7.50. The van der Waals surface area contributed by atoms with Crippen LogP contribution in [0.3, 0.4) is 0 Å². The quantitative estimate of drug-likeness (QED) is 0.551. The number of thiazole rings is 1. The van der Waals surface area contributed by atoms with Gasteiger partial charge in [-0.1, -0.05) is 24.3 Å². The Balaban J connectivity index is 1.91. The molecule has 9 heteroatoms. The average Bonchev–Trinajstić information content (AvgIpc) is 3.01. The molecule has 142 valence electrons. The van der Waals surface area contributed by atoms with E-state index in [0.717, 1.165) is 27.8 Å². The van der Waals surface area contributed by atoms with E-state index in [-0.39, 0.29) is 5.75 Å². The van der Waals surface area contributed by atoms with Crippen molar-refractivity contribution in [1.82, 2.24) is 19.9 Å². The summed E-state index contributed by atoms with van der Waals surface area (Å²) in [7, 11) is 1.88. The fraction of sp³-hybridized carbons (Fsp3) is 0.412. The van der Waals surface area contributed by atoms with Gasteiger partial charge in [-0.2, -0.15) is 0 Å². The molecule has 2 rings (SSSR count). The molecule has 2 aromatic rings. The number of rotatable bonds is 7. The number of guanidine groups is 1. The minimum absolute atomic E-state index is 0.0192. The molecule has 0 bridgehead atoms. The van der Waals surface area contributed by atoms with E-state index in [4.69, 9.17) is 0 Å². The highest BCUT2D eigenvalue weighted by molar-refractivity contribution is 7.88. The minimum Gasteiger partial charge on any atom is -0.352 e. The number of aromatic nitrogens is 1. The van der Waals surface area contributed by atoms with Crippen molar-refractivity contribution in [3.8, 4) is 0 Å². The second-order valence-electron chi connectivity index (χ2n) is 5.89. The summed E-state index contributed by atoms with van der Waals surface area (Å²) in [5, 5.41) is 6.42. The zero-order chi connectivity index (χ0) is 19.2. The van der Waals surface area contributed by atoms with E-state index < -0.39 is 10.0 Å². The fourth-order valence-corrected chi connectivity index (χ4v) is 3.79. The number of aliphatic imine (C=N–C) groups is 1. The molecule has 0 saturated carbocycles. The van der Waals surface area contributed by atoms with Crippen molar-refractivity contribution in [1.29, 1.82) is 0 Å². The molecule has 0 amide bonds. The summed E-state index contributed by atoms with van der Waals surface area (Å²) in [6.07, 6.45) is 0. The van der Waals surface area contributed by atoms with E-state index in [9.17, 15) is 8.42 Å². The smallest absolute Gasteiger partial charge is 0.215 e. The summed E-state index contributed by atoms with van der Waals surface area (Å²) < 4.78 is 25.5. The third kappa shape index (κ3) is 6.08. The highest BCUT2D eigenvalue weighted by Gasteiger charge is 2.10. The predicted molar refractivity (Wildman–Crippen MR) is 107 cm³/mol. The SMILES string of the molecule is CN=C(NCc1ccc(CS(=O)(=O)NC)cc1)N(C)Cc1csc(C)n1. The van der Waals surface area contributed by atoms with Crippen LogP contribution in [0.2, 0.25) is 0 Å². The van der Waals surface area contributed by atoms with Crippen LogP contribution in [0.1, 0.15) is 21.8 Å². The molecule has 0 atom stereocenters. The third-order valence-electron chi connectivity index (χ3n) is 3.78. The van der Waals surface area contributed by atoms with Crippen LogP contribution in [-0.4, -0.2) is 45.4 Å². The average molecular weight is 396 g/mol. The zero-order valence-electron chi connectivity index (χ0n) is 15.5. The molecule has 0 aliphatic heterocycles. The summed E-state index contributed by atoms with van der Waals surface area (Å²) >= 11 is 1.64. The number of nitrogens with one attached hydrogen (secondary N) is 2. The summed E-state index contributed by atoms with van der Waals surface area (Å²) in [4.78, 5) is 10.8. The van der Waals surface area contributed by atoms with Crippen LogP contribution in [0.4, 0.5) is 0 Å². The molecular formula is C17H25N5O2S2. The van der Waals surface area contributed by atoms with E-state index in [1.54, 1.807) is 18.4 Å². The van der Waals surface area contributed by atoms with Gasteiger partial charge in [0, 0.05) is 26.0 Å². The molecule has 1 aromatic carbocycles. The van der Waals surface area contributed by atoms with Gasteiger partial charge >= 0.3 is 0 Å². The molecule has 0 saturated heterocycles. The second kappa shape index (κ2) is 9.11. The minimum atomic E-state index is -3.25. The van der Waals surface area contributed by atoms with Crippen LogP contribution in [0.15, 0.2) is 34.6 Å². The largest absolute Gasteiger partial charge is 0.352 e. The molecule has 7 nitrogen and oxygen atoms in total. The number of benzene rings is 1. The van der Waals surface area contributed by atoms with Gasteiger partial charge < -0.3 is 10.2 Å². The lowest BCUT2D eigenvalue weighted by Crippen LogP contribution is -2.38. The lowest BCUT2D eigenvalue weighted by Gasteiger charge is -2.21. The second-order valence-corrected chi connectivity index (χ2v) is 8.88. The van der Waals surface area contributed by atoms with Gasteiger partial charge in [0.2, 0.25) is 10.0 Å². The first-order valence-electron chi connectivity index (χ1n) is 8.15. The molecule has 0 fully saturated rings. The molecule has 0 spiro atoms. The molecule has 26 heavy (non-hydrogen) atoms. The van der Waals surface area contributed by atoms with Crippen molar-refractivity contribution in [3.05, 3.63) is 51.5 Å². The Bertz CT molecular complexity index is 844. The molecule has 2 N–H and O–H groups in total. The number of aryl methyl sites for hydroxylation is 1. The van der Waals surface area contributed by atoms with Crippen LogP contribution in [-0.2, 0) is 28.9 Å². The molecule has 1 heterocycles. The number of hydrogen-bond donors (Lipinski definition) is 2. The van der Waals surface area contributed by atoms with Crippen molar-refractivity contribution in [2.75, 3.05) is 21.1 Å². The first kappa shape index (κ1) is 20.3.